The first-order chi connectivity index (χ1) is 11.0. The van der Waals surface area contributed by atoms with E-state index in [1.807, 2.05) is 6.08 Å². The molecule has 0 radical (unpaired) electrons. The Morgan fingerprint density at radius 1 is 1.26 bits per heavy atom. The first-order valence-corrected chi connectivity index (χ1v) is 9.03. The van der Waals surface area contributed by atoms with Gasteiger partial charge in [0.05, 0.1) is 18.1 Å². The molecule has 0 aliphatic heterocycles. The normalized spacial score (nSPS) is 42.5. The third-order valence-corrected chi connectivity index (χ3v) is 7.43. The van der Waals surface area contributed by atoms with Crippen molar-refractivity contribution >= 4 is 5.78 Å². The van der Waals surface area contributed by atoms with E-state index in [4.69, 9.17) is 5.26 Å². The molecule has 23 heavy (non-hydrogen) atoms. The van der Waals surface area contributed by atoms with Crippen molar-refractivity contribution in [2.45, 2.75) is 70.3 Å². The summed E-state index contributed by atoms with van der Waals surface area (Å²) in [5.41, 5.74) is 3.42. The van der Waals surface area contributed by atoms with Crippen LogP contribution in [-0.2, 0) is 4.79 Å². The standard InChI is InChI=1S/C20H25NO2/c1-19-8-6-16-15-5-3-14(22)12-13(15)2-4-17(16)18(19)7-9-20(19,23)10-11-21/h12,17-18,23H,2-10H2,1H3/t17-,18-,19+,20-/m1/s1. The highest BCUT2D eigenvalue weighted by Gasteiger charge is 2.60. The quantitative estimate of drug-likeness (QED) is 0.800. The Hall–Kier alpha value is -1.40. The Morgan fingerprint density at radius 2 is 2.09 bits per heavy atom. The third-order valence-electron chi connectivity index (χ3n) is 7.43. The van der Waals surface area contributed by atoms with Gasteiger partial charge in [-0.1, -0.05) is 12.5 Å². The highest BCUT2D eigenvalue weighted by Crippen LogP contribution is 2.64. The minimum absolute atomic E-state index is 0.122. The van der Waals surface area contributed by atoms with Crippen LogP contribution in [0.3, 0.4) is 0 Å². The fourth-order valence-corrected chi connectivity index (χ4v) is 6.06. The maximum Gasteiger partial charge on any atom is 0.156 e. The molecule has 4 aliphatic rings. The van der Waals surface area contributed by atoms with Crippen LogP contribution in [0, 0.1) is 28.6 Å². The van der Waals surface area contributed by atoms with Crippen LogP contribution in [0.5, 0.6) is 0 Å². The summed E-state index contributed by atoms with van der Waals surface area (Å²) in [6, 6.07) is 2.22. The van der Waals surface area contributed by atoms with E-state index >= 15 is 0 Å². The summed E-state index contributed by atoms with van der Waals surface area (Å²) in [5.74, 6) is 1.34. The van der Waals surface area contributed by atoms with E-state index in [1.54, 1.807) is 5.57 Å². The summed E-state index contributed by atoms with van der Waals surface area (Å²) in [6.45, 7) is 2.22. The Kier molecular flexibility index (Phi) is 3.32. The monoisotopic (exact) mass is 311 g/mol. The van der Waals surface area contributed by atoms with Gasteiger partial charge in [-0.15, -0.1) is 0 Å². The number of hydrogen-bond donors (Lipinski definition) is 1. The van der Waals surface area contributed by atoms with Gasteiger partial charge in [0, 0.05) is 11.8 Å². The largest absolute Gasteiger partial charge is 0.388 e. The molecule has 0 bridgehead atoms. The SMILES string of the molecule is C[C@]12CCC3=C4CCC(=O)C=C4CC[C@H]3[C@H]1CC[C@@]2(O)CC#N. The van der Waals surface area contributed by atoms with Gasteiger partial charge in [0.15, 0.2) is 5.78 Å². The molecule has 3 nitrogen and oxygen atoms in total. The van der Waals surface area contributed by atoms with Gasteiger partial charge in [-0.3, -0.25) is 4.79 Å². The molecule has 4 aliphatic carbocycles. The van der Waals surface area contributed by atoms with E-state index < -0.39 is 5.60 Å². The first-order valence-electron chi connectivity index (χ1n) is 9.03. The maximum absolute atomic E-state index is 11.7. The molecule has 1 N–H and O–H groups in total. The van der Waals surface area contributed by atoms with E-state index in [0.717, 1.165) is 44.9 Å². The van der Waals surface area contributed by atoms with E-state index in [0.29, 0.717) is 18.3 Å². The van der Waals surface area contributed by atoms with Crippen molar-refractivity contribution in [1.29, 1.82) is 5.26 Å². The summed E-state index contributed by atoms with van der Waals surface area (Å²) in [4.78, 5) is 11.7. The molecule has 0 aromatic rings. The summed E-state index contributed by atoms with van der Waals surface area (Å²) >= 11 is 0. The number of carbonyl (C=O) groups excluding carboxylic acids is 1. The number of nitriles is 1. The lowest BCUT2D eigenvalue weighted by atomic mass is 9.54. The summed E-state index contributed by atoms with van der Waals surface area (Å²) in [5, 5.41) is 20.3. The fraction of sp³-hybridized carbons (Fsp3) is 0.700. The molecule has 122 valence electrons. The molecule has 0 unspecified atom stereocenters. The number of rotatable bonds is 1. The lowest BCUT2D eigenvalue weighted by Gasteiger charge is -2.51. The summed E-state index contributed by atoms with van der Waals surface area (Å²) in [6.07, 6.45) is 9.67. The molecular weight excluding hydrogens is 286 g/mol. The highest BCUT2D eigenvalue weighted by atomic mass is 16.3. The van der Waals surface area contributed by atoms with Crippen LogP contribution in [0.15, 0.2) is 22.8 Å². The predicted octanol–water partition coefficient (Wildman–Crippen LogP) is 3.84. The van der Waals surface area contributed by atoms with Crippen molar-refractivity contribution in [3.05, 3.63) is 22.8 Å². The lowest BCUT2D eigenvalue weighted by molar-refractivity contribution is -0.114. The second kappa shape index (κ2) is 5.05. The second-order valence-corrected chi connectivity index (χ2v) is 8.21. The minimum atomic E-state index is -0.804. The van der Waals surface area contributed by atoms with E-state index in [9.17, 15) is 9.90 Å². The zero-order valence-corrected chi connectivity index (χ0v) is 13.9. The molecule has 0 aromatic carbocycles. The molecule has 0 amide bonds. The average molecular weight is 311 g/mol. The van der Waals surface area contributed by atoms with Crippen molar-refractivity contribution in [1.82, 2.24) is 0 Å². The Labute approximate surface area is 138 Å². The lowest BCUT2D eigenvalue weighted by Crippen LogP contribution is -2.49. The molecule has 0 saturated heterocycles. The molecule has 0 heterocycles. The van der Waals surface area contributed by atoms with Gasteiger partial charge in [-0.05, 0) is 74.0 Å². The maximum atomic E-state index is 11.7. The second-order valence-electron chi connectivity index (χ2n) is 8.21. The smallest absolute Gasteiger partial charge is 0.156 e. The first kappa shape index (κ1) is 15.1. The summed E-state index contributed by atoms with van der Waals surface area (Å²) < 4.78 is 0. The molecule has 0 aromatic heterocycles. The molecule has 4 rings (SSSR count). The Bertz CT molecular complexity index is 668. The van der Waals surface area contributed by atoms with Crippen molar-refractivity contribution in [2.75, 3.05) is 0 Å². The zero-order chi connectivity index (χ0) is 16.2. The number of carbonyl (C=O) groups is 1. The number of hydrogen-bond acceptors (Lipinski definition) is 3. The van der Waals surface area contributed by atoms with Crippen molar-refractivity contribution in [2.24, 2.45) is 17.3 Å². The van der Waals surface area contributed by atoms with E-state index in [1.165, 1.54) is 11.1 Å². The minimum Gasteiger partial charge on any atom is -0.388 e. The average Bonchev–Trinajstić information content (AvgIpc) is 2.79. The molecule has 0 spiro atoms. The van der Waals surface area contributed by atoms with Crippen molar-refractivity contribution in [3.8, 4) is 6.07 Å². The number of allylic oxidation sites excluding steroid dienone is 4. The molecule has 2 fully saturated rings. The van der Waals surface area contributed by atoms with Gasteiger partial charge in [0.25, 0.3) is 0 Å². The van der Waals surface area contributed by atoms with Gasteiger partial charge in [-0.2, -0.15) is 5.26 Å². The number of fused-ring (bicyclic) bond motifs is 4. The third kappa shape index (κ3) is 2.01. The van der Waals surface area contributed by atoms with Crippen LogP contribution in [0.25, 0.3) is 0 Å². The van der Waals surface area contributed by atoms with Gasteiger partial charge in [0.1, 0.15) is 0 Å². The highest BCUT2D eigenvalue weighted by molar-refractivity contribution is 5.93. The van der Waals surface area contributed by atoms with Gasteiger partial charge < -0.3 is 5.11 Å². The van der Waals surface area contributed by atoms with Crippen LogP contribution in [0.2, 0.25) is 0 Å². The number of ketones is 1. The van der Waals surface area contributed by atoms with Crippen molar-refractivity contribution < 1.29 is 9.90 Å². The van der Waals surface area contributed by atoms with E-state index in [-0.39, 0.29) is 17.6 Å². The van der Waals surface area contributed by atoms with Crippen LogP contribution < -0.4 is 0 Å². The van der Waals surface area contributed by atoms with E-state index in [2.05, 4.69) is 13.0 Å². The molecule has 3 heteroatoms. The van der Waals surface area contributed by atoms with Crippen LogP contribution in [0.4, 0.5) is 0 Å². The fourth-order valence-electron chi connectivity index (χ4n) is 6.06. The Balaban J connectivity index is 1.72. The molecule has 2 saturated carbocycles. The van der Waals surface area contributed by atoms with Crippen LogP contribution in [0.1, 0.15) is 64.7 Å². The topological polar surface area (TPSA) is 61.1 Å². The number of nitrogens with zero attached hydrogens (tertiary/aromatic N) is 1. The van der Waals surface area contributed by atoms with Crippen LogP contribution in [-0.4, -0.2) is 16.5 Å². The zero-order valence-electron chi connectivity index (χ0n) is 13.9. The summed E-state index contributed by atoms with van der Waals surface area (Å²) in [7, 11) is 0. The molecular formula is C20H25NO2. The van der Waals surface area contributed by atoms with Gasteiger partial charge >= 0.3 is 0 Å². The van der Waals surface area contributed by atoms with Gasteiger partial charge in [0.2, 0.25) is 0 Å². The van der Waals surface area contributed by atoms with Gasteiger partial charge in [-0.25, -0.2) is 0 Å². The predicted molar refractivity (Wildman–Crippen MR) is 87.3 cm³/mol. The van der Waals surface area contributed by atoms with Crippen molar-refractivity contribution in [3.63, 3.8) is 0 Å². The Morgan fingerprint density at radius 3 is 2.87 bits per heavy atom. The van der Waals surface area contributed by atoms with Crippen LogP contribution >= 0.6 is 0 Å². The number of aliphatic hydroxyl groups is 1. The molecule has 4 atom stereocenters.